The van der Waals surface area contributed by atoms with Crippen LogP contribution in [0, 0.1) is 11.8 Å². The lowest BCUT2D eigenvalue weighted by Crippen LogP contribution is -2.14. The first-order valence-corrected chi connectivity index (χ1v) is 9.06. The molecule has 0 aliphatic heterocycles. The fraction of sp³-hybridized carbons (Fsp3) is 0.0455. The second-order valence-corrected chi connectivity index (χ2v) is 6.71. The highest BCUT2D eigenvalue weighted by molar-refractivity contribution is 6.31. The van der Waals surface area contributed by atoms with Gasteiger partial charge in [0, 0.05) is 34.8 Å². The topological polar surface area (TPSA) is 85.1 Å². The molecule has 1 aromatic heterocycles. The Morgan fingerprint density at radius 2 is 1.71 bits per heavy atom. The van der Waals surface area contributed by atoms with Gasteiger partial charge in [0.25, 0.3) is 5.91 Å². The molecule has 0 spiro atoms. The summed E-state index contributed by atoms with van der Waals surface area (Å²) in [6.07, 6.45) is -1.89. The standard InChI is InChI=1S/C22H13ClF3N3O2/c23-19-7-6-15(10-18(19)22(24,25)26)21(31)29-17-3-1-2-13(9-17)4-5-14-8-16(20(27)30)12-28-11-14/h1-3,6-12H,(H2,27,30)(H,29,31). The van der Waals surface area contributed by atoms with E-state index in [-0.39, 0.29) is 11.1 Å². The van der Waals surface area contributed by atoms with Crippen molar-refractivity contribution < 1.29 is 22.8 Å². The van der Waals surface area contributed by atoms with Crippen molar-refractivity contribution in [2.24, 2.45) is 5.73 Å². The number of nitrogens with two attached hydrogens (primary N) is 1. The molecule has 9 heteroatoms. The number of alkyl halides is 3. The number of halogens is 4. The lowest BCUT2D eigenvalue weighted by Gasteiger charge is -2.11. The van der Waals surface area contributed by atoms with Gasteiger partial charge in [0.2, 0.25) is 5.91 Å². The number of hydrogen-bond donors (Lipinski definition) is 2. The van der Waals surface area contributed by atoms with Gasteiger partial charge in [-0.2, -0.15) is 13.2 Å². The van der Waals surface area contributed by atoms with Crippen LogP contribution in [0.5, 0.6) is 0 Å². The van der Waals surface area contributed by atoms with Crippen LogP contribution in [0.25, 0.3) is 0 Å². The number of benzene rings is 2. The highest BCUT2D eigenvalue weighted by Crippen LogP contribution is 2.35. The molecule has 2 aromatic carbocycles. The molecule has 3 rings (SSSR count). The lowest BCUT2D eigenvalue weighted by atomic mass is 10.1. The number of hydrogen-bond acceptors (Lipinski definition) is 3. The quantitative estimate of drug-likeness (QED) is 0.584. The highest BCUT2D eigenvalue weighted by Gasteiger charge is 2.33. The number of carbonyl (C=O) groups is 2. The van der Waals surface area contributed by atoms with E-state index in [1.165, 1.54) is 24.5 Å². The third-order valence-corrected chi connectivity index (χ3v) is 4.36. The van der Waals surface area contributed by atoms with E-state index in [0.717, 1.165) is 6.07 Å². The van der Waals surface area contributed by atoms with Crippen LogP contribution < -0.4 is 11.1 Å². The van der Waals surface area contributed by atoms with E-state index in [9.17, 15) is 22.8 Å². The molecule has 2 amide bonds. The van der Waals surface area contributed by atoms with Gasteiger partial charge >= 0.3 is 6.18 Å². The Hall–Kier alpha value is -3.83. The van der Waals surface area contributed by atoms with Gasteiger partial charge in [-0.1, -0.05) is 29.5 Å². The maximum Gasteiger partial charge on any atom is 0.417 e. The Kier molecular flexibility index (Phi) is 6.28. The zero-order valence-electron chi connectivity index (χ0n) is 15.6. The average molecular weight is 444 g/mol. The molecule has 5 nitrogen and oxygen atoms in total. The predicted molar refractivity (Wildman–Crippen MR) is 110 cm³/mol. The van der Waals surface area contributed by atoms with Crippen LogP contribution in [0.3, 0.4) is 0 Å². The van der Waals surface area contributed by atoms with Gasteiger partial charge in [0.1, 0.15) is 0 Å². The van der Waals surface area contributed by atoms with E-state index in [0.29, 0.717) is 22.9 Å². The number of aromatic nitrogens is 1. The number of primary amides is 1. The molecule has 3 N–H and O–H groups in total. The van der Waals surface area contributed by atoms with Gasteiger partial charge in [-0.25, -0.2) is 0 Å². The van der Waals surface area contributed by atoms with Gasteiger partial charge in [0.15, 0.2) is 0 Å². The Morgan fingerprint density at radius 3 is 2.42 bits per heavy atom. The number of rotatable bonds is 3. The summed E-state index contributed by atoms with van der Waals surface area (Å²) in [6, 6.07) is 10.8. The fourth-order valence-corrected chi connectivity index (χ4v) is 2.77. The number of anilines is 1. The van der Waals surface area contributed by atoms with Crippen LogP contribution in [-0.2, 0) is 6.18 Å². The minimum atomic E-state index is -4.68. The molecule has 0 fully saturated rings. The molecule has 0 unspecified atom stereocenters. The van der Waals surface area contributed by atoms with Crippen molar-refractivity contribution in [1.82, 2.24) is 4.98 Å². The second-order valence-electron chi connectivity index (χ2n) is 6.30. The molecule has 0 atom stereocenters. The Bertz CT molecular complexity index is 1230. The van der Waals surface area contributed by atoms with Gasteiger partial charge in [0.05, 0.1) is 16.1 Å². The Balaban J connectivity index is 1.80. The van der Waals surface area contributed by atoms with Crippen molar-refractivity contribution in [3.63, 3.8) is 0 Å². The summed E-state index contributed by atoms with van der Waals surface area (Å²) in [5, 5.41) is 2.04. The summed E-state index contributed by atoms with van der Waals surface area (Å²) in [4.78, 5) is 27.5. The smallest absolute Gasteiger partial charge is 0.366 e. The molecule has 0 saturated carbocycles. The average Bonchev–Trinajstić information content (AvgIpc) is 2.72. The van der Waals surface area contributed by atoms with Crippen molar-refractivity contribution in [1.29, 1.82) is 0 Å². The Labute approximate surface area is 180 Å². The van der Waals surface area contributed by atoms with Crippen molar-refractivity contribution in [2.75, 3.05) is 5.32 Å². The lowest BCUT2D eigenvalue weighted by molar-refractivity contribution is -0.137. The second kappa shape index (κ2) is 8.90. The predicted octanol–water partition coefficient (Wildman–Crippen LogP) is 4.50. The molecule has 156 valence electrons. The summed E-state index contributed by atoms with van der Waals surface area (Å²) < 4.78 is 39.0. The molecule has 1 heterocycles. The van der Waals surface area contributed by atoms with Crippen LogP contribution in [0.15, 0.2) is 60.9 Å². The summed E-state index contributed by atoms with van der Waals surface area (Å²) in [7, 11) is 0. The third-order valence-electron chi connectivity index (χ3n) is 4.03. The molecule has 0 radical (unpaired) electrons. The number of nitrogens with one attached hydrogen (secondary N) is 1. The third kappa shape index (κ3) is 5.62. The van der Waals surface area contributed by atoms with Crippen LogP contribution >= 0.6 is 11.6 Å². The molecule has 0 bridgehead atoms. The molecular weight excluding hydrogens is 431 g/mol. The van der Waals surface area contributed by atoms with Gasteiger partial charge in [-0.05, 0) is 42.5 Å². The van der Waals surface area contributed by atoms with Crippen LogP contribution in [-0.4, -0.2) is 16.8 Å². The van der Waals surface area contributed by atoms with E-state index in [2.05, 4.69) is 22.1 Å². The SMILES string of the molecule is NC(=O)c1cncc(C#Cc2cccc(NC(=O)c3ccc(Cl)c(C(F)(F)F)c3)c2)c1. The number of nitrogens with zero attached hydrogens (tertiary/aromatic N) is 1. The van der Waals surface area contributed by atoms with E-state index >= 15 is 0 Å². The zero-order chi connectivity index (χ0) is 22.6. The maximum absolute atomic E-state index is 13.0. The summed E-state index contributed by atoms with van der Waals surface area (Å²) in [5.41, 5.74) is 5.47. The van der Waals surface area contributed by atoms with Gasteiger partial charge in [-0.15, -0.1) is 0 Å². The molecule has 3 aromatic rings. The molecule has 31 heavy (non-hydrogen) atoms. The summed E-state index contributed by atoms with van der Waals surface area (Å²) in [5.74, 6) is 4.32. The molecular formula is C22H13ClF3N3O2. The zero-order valence-corrected chi connectivity index (χ0v) is 16.4. The van der Waals surface area contributed by atoms with Crippen LogP contribution in [0.1, 0.15) is 37.4 Å². The van der Waals surface area contributed by atoms with Crippen molar-refractivity contribution in [3.05, 3.63) is 93.8 Å². The fourth-order valence-electron chi connectivity index (χ4n) is 2.55. The van der Waals surface area contributed by atoms with E-state index < -0.39 is 28.6 Å². The first-order valence-electron chi connectivity index (χ1n) is 8.68. The number of carbonyl (C=O) groups excluding carboxylic acids is 2. The van der Waals surface area contributed by atoms with Crippen molar-refractivity contribution in [3.8, 4) is 11.8 Å². The minimum absolute atomic E-state index is 0.192. The summed E-state index contributed by atoms with van der Waals surface area (Å²) in [6.45, 7) is 0. The highest BCUT2D eigenvalue weighted by atomic mass is 35.5. The van der Waals surface area contributed by atoms with Gasteiger partial charge < -0.3 is 11.1 Å². The van der Waals surface area contributed by atoms with Crippen LogP contribution in [0.2, 0.25) is 5.02 Å². The van der Waals surface area contributed by atoms with Crippen molar-refractivity contribution >= 4 is 29.1 Å². The first-order chi connectivity index (χ1) is 14.6. The minimum Gasteiger partial charge on any atom is -0.366 e. The molecule has 0 saturated heterocycles. The largest absolute Gasteiger partial charge is 0.417 e. The monoisotopic (exact) mass is 443 g/mol. The Morgan fingerprint density at radius 1 is 0.968 bits per heavy atom. The van der Waals surface area contributed by atoms with Crippen molar-refractivity contribution in [2.45, 2.75) is 6.18 Å². The van der Waals surface area contributed by atoms with E-state index in [1.807, 2.05) is 0 Å². The van der Waals surface area contributed by atoms with E-state index in [1.54, 1.807) is 24.3 Å². The number of amides is 2. The van der Waals surface area contributed by atoms with E-state index in [4.69, 9.17) is 17.3 Å². The molecule has 0 aliphatic rings. The summed E-state index contributed by atoms with van der Waals surface area (Å²) >= 11 is 5.58. The number of pyridine rings is 1. The normalized spacial score (nSPS) is 10.7. The first kappa shape index (κ1) is 21.9. The molecule has 0 aliphatic carbocycles. The van der Waals surface area contributed by atoms with Crippen LogP contribution in [0.4, 0.5) is 18.9 Å². The van der Waals surface area contributed by atoms with Gasteiger partial charge in [-0.3, -0.25) is 14.6 Å². The maximum atomic E-state index is 13.0.